The number of carboxylic acids is 1. The van der Waals surface area contributed by atoms with Crippen LogP contribution in [0.1, 0.15) is 19.8 Å². The van der Waals surface area contributed by atoms with Gasteiger partial charge >= 0.3 is 12.1 Å². The van der Waals surface area contributed by atoms with Gasteiger partial charge in [0.2, 0.25) is 0 Å². The molecule has 0 bridgehead atoms. The van der Waals surface area contributed by atoms with Gasteiger partial charge in [-0.25, -0.2) is 9.59 Å². The standard InChI is InChI=1S/C12H17NO5/c1-3-4-17-12(16)13-8-5-7(2)18-10(8)6-9(13)11(14)15/h3,7-10H,1,4-6H2,2H3,(H,14,15)/t7-,8+,9-,10+/m1/s1. The minimum absolute atomic E-state index is 0.0458. The Balaban J connectivity index is 2.13. The molecule has 0 aromatic rings. The molecule has 0 aromatic heterocycles. The molecule has 1 amide bonds. The maximum atomic E-state index is 11.9. The van der Waals surface area contributed by atoms with Gasteiger partial charge in [0, 0.05) is 6.42 Å². The van der Waals surface area contributed by atoms with Crippen molar-refractivity contribution in [3.63, 3.8) is 0 Å². The Morgan fingerprint density at radius 2 is 2.28 bits per heavy atom. The van der Waals surface area contributed by atoms with Crippen molar-refractivity contribution in [1.82, 2.24) is 4.90 Å². The summed E-state index contributed by atoms with van der Waals surface area (Å²) in [5.74, 6) is -1.02. The van der Waals surface area contributed by atoms with Crippen LogP contribution in [-0.4, -0.2) is 53.0 Å². The predicted octanol–water partition coefficient (Wildman–Crippen LogP) is 1.01. The molecule has 2 heterocycles. The number of carbonyl (C=O) groups is 2. The van der Waals surface area contributed by atoms with Crippen LogP contribution >= 0.6 is 0 Å². The average Bonchev–Trinajstić information content (AvgIpc) is 2.81. The van der Waals surface area contributed by atoms with Gasteiger partial charge in [0.1, 0.15) is 12.6 Å². The summed E-state index contributed by atoms with van der Waals surface area (Å²) >= 11 is 0. The van der Waals surface area contributed by atoms with Crippen molar-refractivity contribution in [2.24, 2.45) is 0 Å². The van der Waals surface area contributed by atoms with E-state index in [1.165, 1.54) is 11.0 Å². The lowest BCUT2D eigenvalue weighted by Crippen LogP contribution is -2.45. The molecule has 18 heavy (non-hydrogen) atoms. The van der Waals surface area contributed by atoms with Crippen molar-refractivity contribution >= 4 is 12.1 Å². The summed E-state index contributed by atoms with van der Waals surface area (Å²) in [6.07, 6.45) is 1.68. The van der Waals surface area contributed by atoms with E-state index in [2.05, 4.69) is 6.58 Å². The molecular formula is C12H17NO5. The van der Waals surface area contributed by atoms with E-state index in [4.69, 9.17) is 14.6 Å². The zero-order chi connectivity index (χ0) is 13.3. The number of rotatable bonds is 3. The molecule has 0 aromatic carbocycles. The fraction of sp³-hybridized carbons (Fsp3) is 0.667. The second-order valence-electron chi connectivity index (χ2n) is 4.65. The molecule has 0 aliphatic carbocycles. The number of likely N-dealkylation sites (tertiary alicyclic amines) is 1. The Labute approximate surface area is 105 Å². The van der Waals surface area contributed by atoms with E-state index in [1.54, 1.807) is 0 Å². The molecule has 0 unspecified atom stereocenters. The molecule has 0 radical (unpaired) electrons. The molecular weight excluding hydrogens is 238 g/mol. The number of carboxylic acid groups (broad SMARTS) is 1. The smallest absolute Gasteiger partial charge is 0.411 e. The first kappa shape index (κ1) is 12.9. The SMILES string of the molecule is C=CCOC(=O)N1[C@@H](C(=O)O)C[C@@H]2O[C@H](C)C[C@@H]21. The summed E-state index contributed by atoms with van der Waals surface area (Å²) < 4.78 is 10.6. The number of hydrogen-bond donors (Lipinski definition) is 1. The number of carbonyl (C=O) groups excluding carboxylic acids is 1. The van der Waals surface area contributed by atoms with Crippen molar-refractivity contribution in [3.8, 4) is 0 Å². The number of hydrogen-bond acceptors (Lipinski definition) is 4. The van der Waals surface area contributed by atoms with Gasteiger partial charge in [-0.1, -0.05) is 12.7 Å². The van der Waals surface area contributed by atoms with Crippen LogP contribution in [0, 0.1) is 0 Å². The van der Waals surface area contributed by atoms with Crippen molar-refractivity contribution in [2.75, 3.05) is 6.61 Å². The van der Waals surface area contributed by atoms with Crippen LogP contribution in [0.2, 0.25) is 0 Å². The Morgan fingerprint density at radius 1 is 1.56 bits per heavy atom. The lowest BCUT2D eigenvalue weighted by Gasteiger charge is -2.25. The first-order valence-electron chi connectivity index (χ1n) is 5.98. The van der Waals surface area contributed by atoms with Crippen LogP contribution in [0.15, 0.2) is 12.7 Å². The maximum Gasteiger partial charge on any atom is 0.411 e. The molecule has 100 valence electrons. The molecule has 2 aliphatic heterocycles. The average molecular weight is 255 g/mol. The second kappa shape index (κ2) is 4.97. The van der Waals surface area contributed by atoms with Crippen molar-refractivity contribution in [1.29, 1.82) is 0 Å². The number of amides is 1. The third-order valence-electron chi connectivity index (χ3n) is 3.38. The van der Waals surface area contributed by atoms with Crippen LogP contribution in [-0.2, 0) is 14.3 Å². The summed E-state index contributed by atoms with van der Waals surface area (Å²) in [4.78, 5) is 24.4. The largest absolute Gasteiger partial charge is 0.480 e. The Morgan fingerprint density at radius 3 is 2.89 bits per heavy atom. The summed E-state index contributed by atoms with van der Waals surface area (Å²) in [5.41, 5.74) is 0. The molecule has 1 N–H and O–H groups in total. The van der Waals surface area contributed by atoms with Gasteiger partial charge in [-0.05, 0) is 13.3 Å². The van der Waals surface area contributed by atoms with Crippen LogP contribution in [0.5, 0.6) is 0 Å². The van der Waals surface area contributed by atoms with Crippen molar-refractivity contribution in [3.05, 3.63) is 12.7 Å². The lowest BCUT2D eigenvalue weighted by atomic mass is 10.1. The topological polar surface area (TPSA) is 76.1 Å². The number of aliphatic carboxylic acids is 1. The zero-order valence-corrected chi connectivity index (χ0v) is 10.2. The Hall–Kier alpha value is -1.56. The van der Waals surface area contributed by atoms with Crippen LogP contribution in [0.4, 0.5) is 4.79 Å². The second-order valence-corrected chi connectivity index (χ2v) is 4.65. The van der Waals surface area contributed by atoms with Crippen LogP contribution < -0.4 is 0 Å². The third-order valence-corrected chi connectivity index (χ3v) is 3.38. The Kier molecular flexibility index (Phi) is 3.56. The van der Waals surface area contributed by atoms with E-state index >= 15 is 0 Å². The van der Waals surface area contributed by atoms with E-state index in [9.17, 15) is 9.59 Å². The van der Waals surface area contributed by atoms with Crippen molar-refractivity contribution in [2.45, 2.75) is 44.1 Å². The van der Waals surface area contributed by atoms with E-state index < -0.39 is 18.1 Å². The molecule has 2 fully saturated rings. The van der Waals surface area contributed by atoms with Gasteiger partial charge in [-0.15, -0.1) is 0 Å². The zero-order valence-electron chi connectivity index (χ0n) is 10.2. The van der Waals surface area contributed by atoms with Crippen LogP contribution in [0.25, 0.3) is 0 Å². The van der Waals surface area contributed by atoms with Crippen molar-refractivity contribution < 1.29 is 24.2 Å². The minimum atomic E-state index is -1.02. The first-order valence-corrected chi connectivity index (χ1v) is 5.98. The summed E-state index contributed by atoms with van der Waals surface area (Å²) in [6, 6.07) is -1.05. The number of ether oxygens (including phenoxy) is 2. The molecule has 2 saturated heterocycles. The number of nitrogens with zero attached hydrogens (tertiary/aromatic N) is 1. The fourth-order valence-corrected chi connectivity index (χ4v) is 2.69. The molecule has 6 heteroatoms. The highest BCUT2D eigenvalue weighted by Gasteiger charge is 2.52. The number of fused-ring (bicyclic) bond motifs is 1. The first-order chi connectivity index (χ1) is 8.54. The fourth-order valence-electron chi connectivity index (χ4n) is 2.69. The summed E-state index contributed by atoms with van der Waals surface area (Å²) in [7, 11) is 0. The predicted molar refractivity (Wildman–Crippen MR) is 62.2 cm³/mol. The normalized spacial score (nSPS) is 34.2. The highest BCUT2D eigenvalue weighted by atomic mass is 16.6. The van der Waals surface area contributed by atoms with Gasteiger partial charge in [-0.2, -0.15) is 0 Å². The van der Waals surface area contributed by atoms with E-state index in [1.807, 2.05) is 6.92 Å². The monoisotopic (exact) mass is 255 g/mol. The van der Waals surface area contributed by atoms with Gasteiger partial charge < -0.3 is 14.6 Å². The van der Waals surface area contributed by atoms with E-state index in [-0.39, 0.29) is 24.9 Å². The Bertz CT molecular complexity index is 369. The molecule has 4 atom stereocenters. The van der Waals surface area contributed by atoms with Gasteiger partial charge in [0.25, 0.3) is 0 Å². The molecule has 0 spiro atoms. The molecule has 0 saturated carbocycles. The lowest BCUT2D eigenvalue weighted by molar-refractivity contribution is -0.142. The van der Waals surface area contributed by atoms with Gasteiger partial charge in [0.15, 0.2) is 0 Å². The van der Waals surface area contributed by atoms with Gasteiger partial charge in [-0.3, -0.25) is 4.90 Å². The highest BCUT2D eigenvalue weighted by Crippen LogP contribution is 2.36. The third kappa shape index (κ3) is 2.20. The minimum Gasteiger partial charge on any atom is -0.480 e. The molecule has 2 aliphatic rings. The highest BCUT2D eigenvalue weighted by molar-refractivity contribution is 5.81. The maximum absolute atomic E-state index is 11.9. The molecule has 2 rings (SSSR count). The van der Waals surface area contributed by atoms with Gasteiger partial charge in [0.05, 0.1) is 18.2 Å². The molecule has 6 nitrogen and oxygen atoms in total. The van der Waals surface area contributed by atoms with E-state index in [0.29, 0.717) is 12.8 Å². The summed E-state index contributed by atoms with van der Waals surface area (Å²) in [5, 5.41) is 9.15. The quantitative estimate of drug-likeness (QED) is 0.762. The van der Waals surface area contributed by atoms with Crippen LogP contribution in [0.3, 0.4) is 0 Å². The van der Waals surface area contributed by atoms with E-state index in [0.717, 1.165) is 0 Å². The summed E-state index contributed by atoms with van der Waals surface area (Å²) in [6.45, 7) is 5.45.